The number of aromatic nitrogens is 14. The summed E-state index contributed by atoms with van der Waals surface area (Å²) in [5.74, 6) is 1.86. The number of imidazole rings is 3. The summed E-state index contributed by atoms with van der Waals surface area (Å²) in [6.07, 6.45) is 16.1. The van der Waals surface area contributed by atoms with Crippen molar-refractivity contribution in [3.63, 3.8) is 0 Å². The lowest BCUT2D eigenvalue weighted by Crippen LogP contribution is -2.08. The van der Waals surface area contributed by atoms with Gasteiger partial charge in [0.1, 0.15) is 16.9 Å². The van der Waals surface area contributed by atoms with Gasteiger partial charge in [0.2, 0.25) is 22.5 Å². The van der Waals surface area contributed by atoms with Crippen molar-refractivity contribution < 1.29 is 0 Å². The molecule has 0 atom stereocenters. The monoisotopic (exact) mass is 1160 g/mol. The molecule has 4 N–H and O–H groups in total. The standard InChI is InChI=1S/C40H30N10.C14H10Cl2N4.C13H11N3/c1-2-9-28(10-3-1)25-48-24-8-11-35(48)38-45-39(41-31-18-14-29(15-19-31)33-26-49-22-6-4-12-36(49)43-33)47-40(46-38)42-32-20-16-30(17-21-32)34-27-50-23-7-5-13-37(50)44-34;15-13-17-12(18-14(16)19-13)11-7-4-8-20(11)9-10-5-2-1-3-6-10;14-11-6-4-10(5-7-11)12-9-16-8-2-1-3-13(16)15-12/h1-24,26-27H,25H2,(H2,41,42,45,46,47);1-8H,9H2;1-9H,14H2. The minimum atomic E-state index is 0.0902. The molecule has 0 aliphatic carbocycles. The van der Waals surface area contributed by atoms with Crippen LogP contribution in [-0.4, -0.2) is 67.2 Å². The van der Waals surface area contributed by atoms with Crippen LogP contribution in [0.3, 0.4) is 0 Å². The maximum absolute atomic E-state index is 5.82. The number of rotatable bonds is 13. The molecule has 0 saturated heterocycles. The van der Waals surface area contributed by atoms with Gasteiger partial charge in [-0.2, -0.15) is 29.9 Å². The molecule has 0 amide bonds. The molecule has 15 aromatic rings. The second kappa shape index (κ2) is 24.7. The number of hydrogen-bond donors (Lipinski definition) is 3. The van der Waals surface area contributed by atoms with E-state index in [0.717, 1.165) is 85.7 Å². The van der Waals surface area contributed by atoms with Gasteiger partial charge in [-0.3, -0.25) is 0 Å². The number of halogens is 2. The van der Waals surface area contributed by atoms with E-state index in [1.807, 2.05) is 255 Å². The molecule has 0 aliphatic rings. The number of hydrogen-bond acceptors (Lipinski definition) is 12. The number of nitrogens with zero attached hydrogens (tertiary/aromatic N) is 14. The molecular formula is C67H51Cl2N17. The highest BCUT2D eigenvalue weighted by Crippen LogP contribution is 2.29. The SMILES string of the molecule is Clc1nc(Cl)nc(-c2cccn2Cc2ccccc2)n1.Nc1ccc(-c2cn3ccccc3n2)cc1.c1ccc(Cn2cccc2-c2nc(Nc3ccc(-c4cn5ccccc5n4)cc3)nc(Nc3ccc(-c4cn5ccccc5n4)cc3)n2)cc1. The van der Waals surface area contributed by atoms with E-state index in [1.54, 1.807) is 0 Å². The molecule has 0 bridgehead atoms. The Hall–Kier alpha value is -11.3. The molecule has 0 fully saturated rings. The zero-order chi connectivity index (χ0) is 58.2. The van der Waals surface area contributed by atoms with Crippen LogP contribution in [0, 0.1) is 0 Å². The lowest BCUT2D eigenvalue weighted by Gasteiger charge is -2.13. The third-order valence-electron chi connectivity index (χ3n) is 13.9. The van der Waals surface area contributed by atoms with E-state index < -0.39 is 0 Å². The van der Waals surface area contributed by atoms with E-state index >= 15 is 0 Å². The topological polar surface area (TPSA) is 189 Å². The zero-order valence-electron chi connectivity index (χ0n) is 45.8. The summed E-state index contributed by atoms with van der Waals surface area (Å²) in [4.78, 5) is 40.6. The highest BCUT2D eigenvalue weighted by Gasteiger charge is 2.16. The van der Waals surface area contributed by atoms with Crippen molar-refractivity contribution in [3.05, 3.63) is 284 Å². The predicted octanol–water partition coefficient (Wildman–Crippen LogP) is 14.8. The number of benzene rings is 5. The van der Waals surface area contributed by atoms with Crippen molar-refractivity contribution in [1.29, 1.82) is 0 Å². The number of pyridine rings is 3. The zero-order valence-corrected chi connectivity index (χ0v) is 47.3. The quantitative estimate of drug-likeness (QED) is 0.0928. The van der Waals surface area contributed by atoms with E-state index in [-0.39, 0.29) is 10.6 Å². The molecule has 86 heavy (non-hydrogen) atoms. The van der Waals surface area contributed by atoms with Gasteiger partial charge in [0.15, 0.2) is 11.6 Å². The average Bonchev–Trinajstić information content (AvgIpc) is 4.01. The van der Waals surface area contributed by atoms with Crippen molar-refractivity contribution in [2.24, 2.45) is 0 Å². The van der Waals surface area contributed by atoms with Gasteiger partial charge in [-0.05, 0) is 131 Å². The number of fused-ring (bicyclic) bond motifs is 3. The third-order valence-corrected chi connectivity index (χ3v) is 14.2. The van der Waals surface area contributed by atoms with E-state index in [1.165, 1.54) is 11.1 Å². The Kier molecular flexibility index (Phi) is 15.5. The lowest BCUT2D eigenvalue weighted by atomic mass is 10.1. The van der Waals surface area contributed by atoms with Crippen molar-refractivity contribution in [3.8, 4) is 56.8 Å². The van der Waals surface area contributed by atoms with E-state index in [0.29, 0.717) is 30.1 Å². The van der Waals surface area contributed by atoms with Gasteiger partial charge in [0, 0.05) is 96.4 Å². The van der Waals surface area contributed by atoms with Gasteiger partial charge in [0.25, 0.3) is 0 Å². The van der Waals surface area contributed by atoms with E-state index in [2.05, 4.69) is 59.4 Å². The largest absolute Gasteiger partial charge is 0.399 e. The average molecular weight is 1170 g/mol. The van der Waals surface area contributed by atoms with Gasteiger partial charge in [-0.25, -0.2) is 15.0 Å². The van der Waals surface area contributed by atoms with Crippen LogP contribution >= 0.6 is 23.2 Å². The molecule has 0 radical (unpaired) electrons. The van der Waals surface area contributed by atoms with Crippen LogP contribution < -0.4 is 16.4 Å². The van der Waals surface area contributed by atoms with Crippen LogP contribution in [0.25, 0.3) is 73.8 Å². The van der Waals surface area contributed by atoms with Crippen molar-refractivity contribution in [2.75, 3.05) is 16.4 Å². The van der Waals surface area contributed by atoms with Crippen LogP contribution in [-0.2, 0) is 13.1 Å². The third kappa shape index (κ3) is 12.7. The van der Waals surface area contributed by atoms with Crippen LogP contribution in [0.15, 0.2) is 262 Å². The molecule has 0 saturated carbocycles. The molecule has 15 rings (SSSR count). The van der Waals surface area contributed by atoms with Gasteiger partial charge < -0.3 is 38.7 Å². The Morgan fingerprint density at radius 2 is 0.709 bits per heavy atom. The fraction of sp³-hybridized carbons (Fsp3) is 0.0299. The molecule has 0 spiro atoms. The molecule has 10 aromatic heterocycles. The first-order valence-electron chi connectivity index (χ1n) is 27.4. The van der Waals surface area contributed by atoms with E-state index in [9.17, 15) is 0 Å². The lowest BCUT2D eigenvalue weighted by molar-refractivity contribution is 0.805. The molecule has 418 valence electrons. The summed E-state index contributed by atoms with van der Waals surface area (Å²) in [5, 5.41) is 6.99. The normalized spacial score (nSPS) is 11.0. The van der Waals surface area contributed by atoms with Crippen molar-refractivity contribution in [2.45, 2.75) is 13.1 Å². The van der Waals surface area contributed by atoms with Gasteiger partial charge in [0.05, 0.1) is 28.5 Å². The number of nitrogens with two attached hydrogens (primary N) is 1. The highest BCUT2D eigenvalue weighted by atomic mass is 35.5. The summed E-state index contributed by atoms with van der Waals surface area (Å²) >= 11 is 11.6. The number of nitrogen functional groups attached to an aromatic ring is 1. The van der Waals surface area contributed by atoms with Crippen molar-refractivity contribution >= 4 is 69.1 Å². The summed E-state index contributed by atoms with van der Waals surface area (Å²) in [6, 6.07) is 70.2. The maximum atomic E-state index is 5.82. The smallest absolute Gasteiger partial charge is 0.232 e. The Balaban J connectivity index is 0.000000154. The highest BCUT2D eigenvalue weighted by molar-refractivity contribution is 6.31. The summed E-state index contributed by atoms with van der Waals surface area (Å²) in [6.45, 7) is 1.42. The molecule has 0 aliphatic heterocycles. The number of nitrogens with one attached hydrogen (secondary N) is 2. The molecule has 0 unspecified atom stereocenters. The first-order valence-corrected chi connectivity index (χ1v) is 28.1. The summed E-state index contributed by atoms with van der Waals surface area (Å²) in [5.41, 5.74) is 20.9. The van der Waals surface area contributed by atoms with Crippen LogP contribution in [0.1, 0.15) is 11.1 Å². The summed E-state index contributed by atoms with van der Waals surface area (Å²) < 4.78 is 10.2. The Labute approximate surface area is 503 Å². The van der Waals surface area contributed by atoms with Gasteiger partial charge in [-0.1, -0.05) is 115 Å². The fourth-order valence-corrected chi connectivity index (χ4v) is 10.1. The number of anilines is 5. The Bertz CT molecular complexity index is 4490. The molecular weight excluding hydrogens is 1110 g/mol. The Morgan fingerprint density at radius 1 is 0.337 bits per heavy atom. The van der Waals surface area contributed by atoms with Crippen LogP contribution in [0.2, 0.25) is 10.6 Å². The molecule has 19 heteroatoms. The predicted molar refractivity (Wildman–Crippen MR) is 340 cm³/mol. The minimum absolute atomic E-state index is 0.0902. The second-order valence-corrected chi connectivity index (χ2v) is 20.5. The first kappa shape index (κ1) is 54.0. The first-order chi connectivity index (χ1) is 42.2. The maximum Gasteiger partial charge on any atom is 0.232 e. The van der Waals surface area contributed by atoms with Gasteiger partial charge in [-0.15, -0.1) is 0 Å². The van der Waals surface area contributed by atoms with Crippen LogP contribution in [0.4, 0.5) is 29.0 Å². The Morgan fingerprint density at radius 3 is 1.10 bits per heavy atom. The van der Waals surface area contributed by atoms with E-state index in [4.69, 9.17) is 53.9 Å². The van der Waals surface area contributed by atoms with Crippen LogP contribution in [0.5, 0.6) is 0 Å². The summed E-state index contributed by atoms with van der Waals surface area (Å²) in [7, 11) is 0. The molecule has 5 aromatic carbocycles. The second-order valence-electron chi connectivity index (χ2n) is 19.8. The fourth-order valence-electron chi connectivity index (χ4n) is 9.69. The van der Waals surface area contributed by atoms with Crippen molar-refractivity contribution in [1.82, 2.24) is 67.2 Å². The molecule has 10 heterocycles. The minimum Gasteiger partial charge on any atom is -0.399 e. The van der Waals surface area contributed by atoms with Gasteiger partial charge >= 0.3 is 0 Å². The molecule has 17 nitrogen and oxygen atoms in total.